The number of rotatable bonds is 12. The van der Waals surface area contributed by atoms with Crippen molar-refractivity contribution in [1.82, 2.24) is 35.8 Å². The second kappa shape index (κ2) is 15.7. The van der Waals surface area contributed by atoms with Crippen molar-refractivity contribution < 1.29 is 32.2 Å². The van der Waals surface area contributed by atoms with Crippen LogP contribution in [0.25, 0.3) is 22.5 Å². The summed E-state index contributed by atoms with van der Waals surface area (Å²) < 4.78 is 55.3. The molecule has 0 unspecified atom stereocenters. The van der Waals surface area contributed by atoms with E-state index in [0.29, 0.717) is 98.2 Å². The first-order valence-corrected chi connectivity index (χ1v) is 19.5. The summed E-state index contributed by atoms with van der Waals surface area (Å²) in [5.41, 5.74) is 4.55. The van der Waals surface area contributed by atoms with Crippen LogP contribution in [0.4, 0.5) is 19.0 Å². The maximum atomic E-state index is 14.7. The number of alkyl halides is 3. The number of hydrogen-bond acceptors (Lipinski definition) is 10. The Balaban J connectivity index is 1.03. The Morgan fingerprint density at radius 1 is 0.982 bits per heavy atom. The number of ether oxygens (including phenoxy) is 2. The summed E-state index contributed by atoms with van der Waals surface area (Å²) >= 11 is 7.13. The minimum atomic E-state index is -4.68. The fourth-order valence-electron chi connectivity index (χ4n) is 8.74. The van der Waals surface area contributed by atoms with Crippen LogP contribution in [-0.4, -0.2) is 78.1 Å². The molecule has 2 amide bonds. The van der Waals surface area contributed by atoms with Crippen molar-refractivity contribution in [2.45, 2.75) is 69.9 Å². The lowest BCUT2D eigenvalue weighted by Crippen LogP contribution is -2.56. The number of halogens is 4. The lowest BCUT2D eigenvalue weighted by Gasteiger charge is -2.47. The molecule has 2 atom stereocenters. The number of benzene rings is 1. The average Bonchev–Trinajstić information content (AvgIpc) is 3.79. The lowest BCUT2D eigenvalue weighted by molar-refractivity contribution is -0.137. The summed E-state index contributed by atoms with van der Waals surface area (Å²) in [5, 5.41) is 12.7. The third-order valence-corrected chi connectivity index (χ3v) is 11.8. The van der Waals surface area contributed by atoms with Crippen LogP contribution >= 0.6 is 11.6 Å². The number of fused-ring (bicyclic) bond motifs is 1. The molecule has 6 heterocycles. The molecule has 4 aliphatic rings. The zero-order chi connectivity index (χ0) is 39.9. The standard InChI is InChI=1S/C41H44ClF3N8O4/c1-56-38-23(17-46-18-25-10-12-33(54)49-25)9-11-32(51-38)29-13-14-47-36(35(29)42)28-7-3-6-27-26(28)5-4-8-31(27)50-37-30(41(43,44)45)15-24(39(52-37)57-2)19-53-21-40(22-53)16-34(55)48-20-40/h3,6-7,9,11,13-15,25,31,46H,4-5,8,10,12,16-22H2,1-2H3,(H,48,55)(H,49,54)(H,50,52)/t25-,31+/m0/s1. The Kier molecular flexibility index (Phi) is 10.7. The monoisotopic (exact) mass is 804 g/mol. The van der Waals surface area contributed by atoms with Gasteiger partial charge in [-0.3, -0.25) is 19.5 Å². The van der Waals surface area contributed by atoms with Gasteiger partial charge in [0.05, 0.1) is 42.2 Å². The summed E-state index contributed by atoms with van der Waals surface area (Å²) in [6, 6.07) is 12.1. The van der Waals surface area contributed by atoms with Gasteiger partial charge in [-0.05, 0) is 55.0 Å². The summed E-state index contributed by atoms with van der Waals surface area (Å²) in [6.45, 7) is 3.16. The fourth-order valence-corrected chi connectivity index (χ4v) is 9.05. The fraction of sp³-hybridized carbons (Fsp3) is 0.439. The molecule has 3 fully saturated rings. The van der Waals surface area contributed by atoms with Gasteiger partial charge in [0.2, 0.25) is 23.6 Å². The van der Waals surface area contributed by atoms with E-state index in [1.165, 1.54) is 7.11 Å². The highest BCUT2D eigenvalue weighted by atomic mass is 35.5. The molecule has 1 spiro atoms. The highest BCUT2D eigenvalue weighted by molar-refractivity contribution is 6.35. The third-order valence-electron chi connectivity index (χ3n) is 11.4. The summed E-state index contributed by atoms with van der Waals surface area (Å²) in [4.78, 5) is 39.2. The van der Waals surface area contributed by atoms with Crippen LogP contribution in [0.2, 0.25) is 5.02 Å². The quantitative estimate of drug-likeness (QED) is 0.133. The van der Waals surface area contributed by atoms with Gasteiger partial charge in [0.15, 0.2) is 0 Å². The molecule has 300 valence electrons. The summed E-state index contributed by atoms with van der Waals surface area (Å²) in [7, 11) is 2.97. The predicted molar refractivity (Wildman–Crippen MR) is 208 cm³/mol. The Morgan fingerprint density at radius 2 is 1.79 bits per heavy atom. The van der Waals surface area contributed by atoms with Gasteiger partial charge in [-0.15, -0.1) is 0 Å². The zero-order valence-electron chi connectivity index (χ0n) is 31.7. The topological polar surface area (TPSA) is 143 Å². The van der Waals surface area contributed by atoms with Gasteiger partial charge in [-0.25, -0.2) is 4.98 Å². The molecule has 8 rings (SSSR count). The number of aromatic nitrogens is 3. The van der Waals surface area contributed by atoms with Crippen molar-refractivity contribution in [1.29, 1.82) is 0 Å². The highest BCUT2D eigenvalue weighted by Gasteiger charge is 2.48. The average molecular weight is 805 g/mol. The number of carbonyl (C=O) groups excluding carboxylic acids is 2. The van der Waals surface area contributed by atoms with Crippen LogP contribution in [0.3, 0.4) is 0 Å². The van der Waals surface area contributed by atoms with E-state index in [1.54, 1.807) is 19.4 Å². The maximum Gasteiger partial charge on any atom is 0.419 e. The smallest absolute Gasteiger partial charge is 0.419 e. The minimum absolute atomic E-state index is 0.00577. The first kappa shape index (κ1) is 38.9. The predicted octanol–water partition coefficient (Wildman–Crippen LogP) is 6.07. The molecule has 3 aliphatic heterocycles. The van der Waals surface area contributed by atoms with Gasteiger partial charge in [0.1, 0.15) is 5.82 Å². The molecular formula is C41H44ClF3N8O4. The molecule has 3 aromatic heterocycles. The molecule has 0 saturated carbocycles. The van der Waals surface area contributed by atoms with Gasteiger partial charge in [0, 0.05) is 92.0 Å². The van der Waals surface area contributed by atoms with Gasteiger partial charge < -0.3 is 30.7 Å². The molecule has 4 N–H and O–H groups in total. The molecular weight excluding hydrogens is 761 g/mol. The number of nitrogens with zero attached hydrogens (tertiary/aromatic N) is 4. The SMILES string of the molecule is COc1nc(-c2ccnc(-c3cccc4c3CCC[C@H]4Nc3nc(OC)c(CN4CC5(CNC(=O)C5)C4)cc3C(F)(F)F)c2Cl)ccc1CNC[C@@H]1CCC(=O)N1. The van der Waals surface area contributed by atoms with Crippen molar-refractivity contribution >= 4 is 29.2 Å². The number of nitrogens with one attached hydrogen (secondary N) is 4. The summed E-state index contributed by atoms with van der Waals surface area (Å²) in [5.74, 6) is 0.352. The summed E-state index contributed by atoms with van der Waals surface area (Å²) in [6.07, 6.45) is 0.752. The number of pyridine rings is 3. The number of hydrogen-bond donors (Lipinski definition) is 4. The zero-order valence-corrected chi connectivity index (χ0v) is 32.4. The number of amides is 2. The molecule has 0 bridgehead atoms. The largest absolute Gasteiger partial charge is 0.481 e. The molecule has 12 nitrogen and oxygen atoms in total. The van der Waals surface area contributed by atoms with Gasteiger partial charge in [-0.2, -0.15) is 18.2 Å². The molecule has 1 aliphatic carbocycles. The molecule has 4 aromatic rings. The van der Waals surface area contributed by atoms with Crippen LogP contribution in [0.15, 0.2) is 48.7 Å². The van der Waals surface area contributed by atoms with Crippen LogP contribution < -0.4 is 30.7 Å². The molecule has 3 saturated heterocycles. The maximum absolute atomic E-state index is 14.7. The molecule has 0 radical (unpaired) electrons. The highest BCUT2D eigenvalue weighted by Crippen LogP contribution is 2.45. The second-order valence-corrected chi connectivity index (χ2v) is 15.8. The van der Waals surface area contributed by atoms with E-state index in [4.69, 9.17) is 26.1 Å². The number of carbonyl (C=O) groups is 2. The molecule has 16 heteroatoms. The first-order chi connectivity index (χ1) is 27.4. The Bertz CT molecular complexity index is 2200. The number of likely N-dealkylation sites (tertiary alicyclic amines) is 1. The van der Waals surface area contributed by atoms with Crippen LogP contribution in [-0.2, 0) is 35.3 Å². The van der Waals surface area contributed by atoms with Gasteiger partial charge in [0.25, 0.3) is 0 Å². The van der Waals surface area contributed by atoms with E-state index < -0.39 is 17.8 Å². The third kappa shape index (κ3) is 7.97. The van der Waals surface area contributed by atoms with Crippen molar-refractivity contribution in [2.24, 2.45) is 5.41 Å². The van der Waals surface area contributed by atoms with Crippen molar-refractivity contribution in [3.8, 4) is 34.3 Å². The van der Waals surface area contributed by atoms with Crippen LogP contribution in [0, 0.1) is 5.41 Å². The number of anilines is 1. The second-order valence-electron chi connectivity index (χ2n) is 15.4. The van der Waals surface area contributed by atoms with Gasteiger partial charge >= 0.3 is 6.18 Å². The van der Waals surface area contributed by atoms with Crippen LogP contribution in [0.1, 0.15) is 66.0 Å². The van der Waals surface area contributed by atoms with E-state index in [0.717, 1.165) is 34.7 Å². The Labute approximate surface area is 333 Å². The molecule has 1 aromatic carbocycles. The van der Waals surface area contributed by atoms with Crippen molar-refractivity contribution in [3.63, 3.8) is 0 Å². The van der Waals surface area contributed by atoms with Crippen LogP contribution in [0.5, 0.6) is 11.8 Å². The Hall–Kier alpha value is -4.99. The van der Waals surface area contributed by atoms with E-state index in [-0.39, 0.29) is 41.5 Å². The van der Waals surface area contributed by atoms with E-state index in [1.807, 2.05) is 35.2 Å². The minimum Gasteiger partial charge on any atom is -0.481 e. The normalized spacial score (nSPS) is 20.2. The van der Waals surface area contributed by atoms with E-state index in [9.17, 15) is 22.8 Å². The van der Waals surface area contributed by atoms with Crippen molar-refractivity contribution in [2.75, 3.05) is 45.7 Å². The van der Waals surface area contributed by atoms with E-state index >= 15 is 0 Å². The van der Waals surface area contributed by atoms with Gasteiger partial charge in [-0.1, -0.05) is 35.9 Å². The first-order valence-electron chi connectivity index (χ1n) is 19.2. The molecule has 57 heavy (non-hydrogen) atoms. The van der Waals surface area contributed by atoms with E-state index in [2.05, 4.69) is 31.2 Å². The number of methoxy groups -OCH3 is 2. The van der Waals surface area contributed by atoms with Crippen molar-refractivity contribution in [3.05, 3.63) is 81.5 Å². The lowest BCUT2D eigenvalue weighted by atomic mass is 9.79. The Morgan fingerprint density at radius 3 is 2.51 bits per heavy atom.